The van der Waals surface area contributed by atoms with Gasteiger partial charge in [0, 0.05) is 25.4 Å². The van der Waals surface area contributed by atoms with Crippen molar-refractivity contribution in [3.63, 3.8) is 0 Å². The van der Waals surface area contributed by atoms with Crippen molar-refractivity contribution in [3.8, 4) is 0 Å². The van der Waals surface area contributed by atoms with Crippen molar-refractivity contribution >= 4 is 11.7 Å². The van der Waals surface area contributed by atoms with E-state index in [0.717, 1.165) is 44.5 Å². The maximum Gasteiger partial charge on any atom is 0.249 e. The topological polar surface area (TPSA) is 66.0 Å². The van der Waals surface area contributed by atoms with Crippen LogP contribution in [-0.4, -0.2) is 55.0 Å². The largest absolute Gasteiger partial charge is 0.372 e. The molecule has 0 aromatic carbocycles. The van der Waals surface area contributed by atoms with Crippen LogP contribution >= 0.6 is 0 Å². The first-order valence-electron chi connectivity index (χ1n) is 11.3. The minimum absolute atomic E-state index is 0.0444. The molecule has 2 aliphatic rings. The van der Waals surface area contributed by atoms with Gasteiger partial charge in [0.1, 0.15) is 12.4 Å². The number of rotatable bonds is 9. The molecule has 1 fully saturated rings. The van der Waals surface area contributed by atoms with Crippen molar-refractivity contribution in [2.24, 2.45) is 16.8 Å². The Hall–Kier alpha value is -1.66. The summed E-state index contributed by atoms with van der Waals surface area (Å²) in [7, 11) is 0. The quantitative estimate of drug-likeness (QED) is 0.578. The molecule has 2 rings (SSSR count). The molecule has 4 atom stereocenters. The summed E-state index contributed by atoms with van der Waals surface area (Å²) in [6.07, 6.45) is 13.1. The molecule has 2 heterocycles. The van der Waals surface area contributed by atoms with E-state index >= 15 is 0 Å². The fraction of sp³-hybridized carbons (Fsp3) is 0.739. The normalized spacial score (nSPS) is 28.3. The molecule has 164 valence electrons. The van der Waals surface area contributed by atoms with Gasteiger partial charge in [0.15, 0.2) is 0 Å². The van der Waals surface area contributed by atoms with E-state index in [1.165, 1.54) is 0 Å². The summed E-state index contributed by atoms with van der Waals surface area (Å²) in [5.41, 5.74) is 0. The molecule has 0 aliphatic carbocycles. The van der Waals surface area contributed by atoms with E-state index in [0.29, 0.717) is 31.0 Å². The lowest BCUT2D eigenvalue weighted by Crippen LogP contribution is -2.58. The number of carbonyl (C=O) groups is 1. The van der Waals surface area contributed by atoms with Crippen LogP contribution in [-0.2, 0) is 9.53 Å². The van der Waals surface area contributed by atoms with Gasteiger partial charge >= 0.3 is 0 Å². The minimum Gasteiger partial charge on any atom is -0.372 e. The second-order valence-corrected chi connectivity index (χ2v) is 8.43. The van der Waals surface area contributed by atoms with Crippen LogP contribution in [0.3, 0.4) is 0 Å². The number of likely N-dealkylation sites (tertiary alicyclic amines) is 1. The SMILES string of the molecule is CCCOCC(=O)N1C[C@H](NCC(C)CC)CCC1C1=N/C=C/CC(C)/C=C/N1. The number of carbonyl (C=O) groups excluding carboxylic acids is 1. The van der Waals surface area contributed by atoms with Crippen LogP contribution in [0.4, 0.5) is 0 Å². The molecule has 1 amide bonds. The molecule has 6 nitrogen and oxygen atoms in total. The summed E-state index contributed by atoms with van der Waals surface area (Å²) in [5.74, 6) is 2.00. The van der Waals surface area contributed by atoms with Crippen molar-refractivity contribution in [1.29, 1.82) is 0 Å². The predicted molar refractivity (Wildman–Crippen MR) is 120 cm³/mol. The number of ether oxygens (including phenoxy) is 1. The highest BCUT2D eigenvalue weighted by molar-refractivity contribution is 5.93. The van der Waals surface area contributed by atoms with Crippen LogP contribution in [0, 0.1) is 11.8 Å². The smallest absolute Gasteiger partial charge is 0.249 e. The lowest BCUT2D eigenvalue weighted by molar-refractivity contribution is -0.138. The number of hydrogen-bond donors (Lipinski definition) is 2. The highest BCUT2D eigenvalue weighted by atomic mass is 16.5. The Labute approximate surface area is 176 Å². The van der Waals surface area contributed by atoms with E-state index in [1.807, 2.05) is 17.3 Å². The van der Waals surface area contributed by atoms with Crippen LogP contribution in [0.1, 0.15) is 59.8 Å². The highest BCUT2D eigenvalue weighted by Crippen LogP contribution is 2.20. The zero-order valence-corrected chi connectivity index (χ0v) is 18.7. The number of piperidine rings is 1. The number of nitrogens with one attached hydrogen (secondary N) is 2. The number of hydrogen-bond acceptors (Lipinski definition) is 5. The molecule has 2 N–H and O–H groups in total. The van der Waals surface area contributed by atoms with Gasteiger partial charge in [-0.05, 0) is 50.3 Å². The average molecular weight is 405 g/mol. The Balaban J connectivity index is 2.11. The summed E-state index contributed by atoms with van der Waals surface area (Å²) in [4.78, 5) is 19.6. The Morgan fingerprint density at radius 2 is 2.24 bits per heavy atom. The first-order chi connectivity index (χ1) is 14.0. The van der Waals surface area contributed by atoms with Crippen LogP contribution in [0.15, 0.2) is 29.5 Å². The highest BCUT2D eigenvalue weighted by Gasteiger charge is 2.34. The summed E-state index contributed by atoms with van der Waals surface area (Å²) in [6, 6.07) is 0.274. The molecule has 2 aliphatic heterocycles. The first-order valence-corrected chi connectivity index (χ1v) is 11.3. The summed E-state index contributed by atoms with van der Waals surface area (Å²) in [5, 5.41) is 7.01. The number of amidine groups is 1. The van der Waals surface area contributed by atoms with Crippen LogP contribution in [0.25, 0.3) is 0 Å². The molecular weight excluding hydrogens is 364 g/mol. The number of nitrogens with zero attached hydrogens (tertiary/aromatic N) is 2. The number of allylic oxidation sites excluding steroid dienone is 2. The molecule has 1 saturated heterocycles. The molecule has 3 unspecified atom stereocenters. The lowest BCUT2D eigenvalue weighted by Gasteiger charge is -2.40. The summed E-state index contributed by atoms with van der Waals surface area (Å²) < 4.78 is 5.56. The molecule has 0 spiro atoms. The lowest BCUT2D eigenvalue weighted by atomic mass is 9.96. The van der Waals surface area contributed by atoms with Gasteiger partial charge in [0.05, 0.1) is 6.04 Å². The fourth-order valence-corrected chi connectivity index (χ4v) is 3.60. The van der Waals surface area contributed by atoms with Crippen molar-refractivity contribution in [2.45, 2.75) is 71.9 Å². The molecule has 0 saturated carbocycles. The van der Waals surface area contributed by atoms with Gasteiger partial charge in [-0.25, -0.2) is 4.99 Å². The van der Waals surface area contributed by atoms with E-state index in [2.05, 4.69) is 55.5 Å². The van der Waals surface area contributed by atoms with E-state index in [4.69, 9.17) is 4.74 Å². The molecule has 29 heavy (non-hydrogen) atoms. The monoisotopic (exact) mass is 404 g/mol. The minimum atomic E-state index is -0.0444. The average Bonchev–Trinajstić information content (AvgIpc) is 2.83. The Kier molecular flexibility index (Phi) is 10.4. The second kappa shape index (κ2) is 12.8. The number of aliphatic imine (C=N–C) groups is 1. The summed E-state index contributed by atoms with van der Waals surface area (Å²) >= 11 is 0. The first kappa shape index (κ1) is 23.6. The zero-order chi connectivity index (χ0) is 21.1. The molecule has 6 heteroatoms. The van der Waals surface area contributed by atoms with E-state index < -0.39 is 0 Å². The van der Waals surface area contributed by atoms with Crippen molar-refractivity contribution in [1.82, 2.24) is 15.5 Å². The third kappa shape index (κ3) is 7.94. The second-order valence-electron chi connectivity index (χ2n) is 8.43. The Morgan fingerprint density at radius 3 is 3.00 bits per heavy atom. The van der Waals surface area contributed by atoms with Crippen molar-refractivity contribution in [2.75, 3.05) is 26.3 Å². The third-order valence-electron chi connectivity index (χ3n) is 5.73. The summed E-state index contributed by atoms with van der Waals surface area (Å²) in [6.45, 7) is 11.1. The van der Waals surface area contributed by atoms with Gasteiger partial charge in [-0.2, -0.15) is 0 Å². The van der Waals surface area contributed by atoms with Crippen LogP contribution < -0.4 is 10.6 Å². The molecular formula is C23H40N4O2. The van der Waals surface area contributed by atoms with E-state index in [9.17, 15) is 4.79 Å². The Morgan fingerprint density at radius 1 is 1.41 bits per heavy atom. The maximum absolute atomic E-state index is 13.0. The molecule has 0 aromatic rings. The van der Waals surface area contributed by atoms with Gasteiger partial charge in [-0.15, -0.1) is 0 Å². The van der Waals surface area contributed by atoms with E-state index in [-0.39, 0.29) is 18.6 Å². The molecule has 0 bridgehead atoms. The molecule has 0 radical (unpaired) electrons. The van der Waals surface area contributed by atoms with Crippen LogP contribution in [0.2, 0.25) is 0 Å². The molecule has 0 aromatic heterocycles. The van der Waals surface area contributed by atoms with E-state index in [1.54, 1.807) is 0 Å². The van der Waals surface area contributed by atoms with Gasteiger partial charge in [0.25, 0.3) is 0 Å². The predicted octanol–water partition coefficient (Wildman–Crippen LogP) is 3.46. The van der Waals surface area contributed by atoms with Gasteiger partial charge in [0.2, 0.25) is 5.91 Å². The fourth-order valence-electron chi connectivity index (χ4n) is 3.60. The van der Waals surface area contributed by atoms with Crippen molar-refractivity contribution in [3.05, 3.63) is 24.6 Å². The Bertz CT molecular complexity index is 587. The standard InChI is InChI=1S/C23H40N4O2/c1-5-14-29-17-22(28)27-16-20(26-15-18(3)6-2)9-10-21(27)23-24-12-7-8-19(4)11-13-25-23/h7,11-13,18-21,26H,5-6,8-10,14-17H2,1-4H3,(H,24,25)/b12-7+,13-11+/t18?,19?,20-,21?/m1/s1. The van der Waals surface area contributed by atoms with Gasteiger partial charge in [-0.3, -0.25) is 4.79 Å². The third-order valence-corrected chi connectivity index (χ3v) is 5.73. The van der Waals surface area contributed by atoms with Crippen LogP contribution in [0.5, 0.6) is 0 Å². The van der Waals surface area contributed by atoms with Gasteiger partial charge < -0.3 is 20.3 Å². The number of amides is 1. The maximum atomic E-state index is 13.0. The zero-order valence-electron chi connectivity index (χ0n) is 18.7. The van der Waals surface area contributed by atoms with Gasteiger partial charge in [-0.1, -0.05) is 46.3 Å². The van der Waals surface area contributed by atoms with Crippen molar-refractivity contribution < 1.29 is 9.53 Å².